The summed E-state index contributed by atoms with van der Waals surface area (Å²) in [6, 6.07) is 22.6. The fourth-order valence-electron chi connectivity index (χ4n) is 2.91. The number of methoxy groups -OCH3 is 2. The van der Waals surface area contributed by atoms with Crippen LogP contribution < -0.4 is 4.74 Å². The Morgan fingerprint density at radius 3 is 2.33 bits per heavy atom. The molecule has 0 saturated heterocycles. The van der Waals surface area contributed by atoms with Crippen molar-refractivity contribution < 1.29 is 18.8 Å². The van der Waals surface area contributed by atoms with Crippen LogP contribution in [0.1, 0.15) is 10.4 Å². The van der Waals surface area contributed by atoms with Crippen molar-refractivity contribution in [3.05, 3.63) is 78.4 Å². The third-order valence-electron chi connectivity index (χ3n) is 4.39. The summed E-state index contributed by atoms with van der Waals surface area (Å²) in [5.41, 5.74) is 2.10. The minimum atomic E-state index is -0.360. The first-order valence-electron chi connectivity index (χ1n) is 9.12. The summed E-state index contributed by atoms with van der Waals surface area (Å²) >= 11 is 1.55. The monoisotopic (exact) mass is 418 g/mol. The van der Waals surface area contributed by atoms with Crippen LogP contribution in [-0.4, -0.2) is 30.3 Å². The molecule has 0 unspecified atom stereocenters. The number of benzene rings is 3. The Balaban J connectivity index is 1.63. The summed E-state index contributed by atoms with van der Waals surface area (Å²) in [5, 5.41) is 4.13. The highest BCUT2D eigenvalue weighted by molar-refractivity contribution is 7.99. The molecule has 30 heavy (non-hydrogen) atoms. The van der Waals surface area contributed by atoms with Gasteiger partial charge >= 0.3 is 5.97 Å². The van der Waals surface area contributed by atoms with Gasteiger partial charge in [-0.25, -0.2) is 4.79 Å². The number of esters is 1. The van der Waals surface area contributed by atoms with Crippen molar-refractivity contribution in [2.45, 2.75) is 9.79 Å². The van der Waals surface area contributed by atoms with Crippen molar-refractivity contribution in [1.29, 1.82) is 0 Å². The molecule has 0 amide bonds. The molecule has 0 atom stereocenters. The van der Waals surface area contributed by atoms with E-state index in [1.54, 1.807) is 31.0 Å². The van der Waals surface area contributed by atoms with E-state index in [2.05, 4.69) is 10.1 Å². The Morgan fingerprint density at radius 1 is 0.900 bits per heavy atom. The van der Waals surface area contributed by atoms with Gasteiger partial charge in [0.1, 0.15) is 5.75 Å². The Bertz CT molecular complexity index is 1170. The average molecular weight is 418 g/mol. The number of ether oxygens (including phenoxy) is 2. The van der Waals surface area contributed by atoms with Crippen molar-refractivity contribution in [1.82, 2.24) is 10.1 Å². The van der Waals surface area contributed by atoms with E-state index in [1.807, 2.05) is 60.7 Å². The van der Waals surface area contributed by atoms with Gasteiger partial charge in [-0.2, -0.15) is 4.98 Å². The molecule has 1 aromatic heterocycles. The molecule has 1 heterocycles. The predicted molar refractivity (Wildman–Crippen MR) is 114 cm³/mol. The van der Waals surface area contributed by atoms with Gasteiger partial charge in [-0.3, -0.25) is 0 Å². The normalized spacial score (nSPS) is 10.6. The van der Waals surface area contributed by atoms with Gasteiger partial charge in [-0.05, 0) is 48.5 Å². The first-order chi connectivity index (χ1) is 14.7. The highest BCUT2D eigenvalue weighted by atomic mass is 32.2. The maximum absolute atomic E-state index is 11.6. The molecule has 7 heteroatoms. The number of aromatic nitrogens is 2. The lowest BCUT2D eigenvalue weighted by Crippen LogP contribution is -2.00. The SMILES string of the molecule is COC(=O)c1ccc(Sc2ccccc2-c2nc(-c3ccccc3OC)no2)cc1. The van der Waals surface area contributed by atoms with E-state index in [0.29, 0.717) is 23.0 Å². The molecular formula is C23H18N2O4S. The molecule has 0 aliphatic carbocycles. The highest BCUT2D eigenvalue weighted by Gasteiger charge is 2.17. The van der Waals surface area contributed by atoms with Crippen molar-refractivity contribution in [2.24, 2.45) is 0 Å². The number of para-hydroxylation sites is 1. The quantitative estimate of drug-likeness (QED) is 0.391. The maximum atomic E-state index is 11.6. The topological polar surface area (TPSA) is 74.5 Å². The van der Waals surface area contributed by atoms with Crippen molar-refractivity contribution in [3.63, 3.8) is 0 Å². The summed E-state index contributed by atoms with van der Waals surface area (Å²) in [6.07, 6.45) is 0. The average Bonchev–Trinajstić information content (AvgIpc) is 3.29. The molecule has 0 radical (unpaired) electrons. The molecule has 0 bridgehead atoms. The molecule has 4 rings (SSSR count). The lowest BCUT2D eigenvalue weighted by Gasteiger charge is -2.06. The van der Waals surface area contributed by atoms with Crippen LogP contribution in [0.4, 0.5) is 0 Å². The Labute approximate surface area is 177 Å². The lowest BCUT2D eigenvalue weighted by molar-refractivity contribution is 0.0600. The Morgan fingerprint density at radius 2 is 1.60 bits per heavy atom. The zero-order chi connectivity index (χ0) is 20.9. The molecule has 0 spiro atoms. The largest absolute Gasteiger partial charge is 0.496 e. The lowest BCUT2D eigenvalue weighted by atomic mass is 10.2. The van der Waals surface area contributed by atoms with Crippen LogP contribution in [0.25, 0.3) is 22.8 Å². The van der Waals surface area contributed by atoms with Crippen LogP contribution in [0.15, 0.2) is 87.1 Å². The fraction of sp³-hybridized carbons (Fsp3) is 0.0870. The number of rotatable bonds is 6. The van der Waals surface area contributed by atoms with Gasteiger partial charge in [-0.15, -0.1) is 0 Å². The summed E-state index contributed by atoms with van der Waals surface area (Å²) < 4.78 is 15.7. The van der Waals surface area contributed by atoms with E-state index in [0.717, 1.165) is 20.9 Å². The zero-order valence-electron chi connectivity index (χ0n) is 16.4. The molecule has 3 aromatic carbocycles. The van der Waals surface area contributed by atoms with E-state index in [-0.39, 0.29) is 5.97 Å². The van der Waals surface area contributed by atoms with E-state index in [1.165, 1.54) is 7.11 Å². The van der Waals surface area contributed by atoms with Crippen LogP contribution in [0, 0.1) is 0 Å². The number of carbonyl (C=O) groups is 1. The van der Waals surface area contributed by atoms with Crippen LogP contribution in [0.5, 0.6) is 5.75 Å². The minimum absolute atomic E-state index is 0.360. The molecule has 0 fully saturated rings. The van der Waals surface area contributed by atoms with Gasteiger partial charge in [0.05, 0.1) is 30.9 Å². The van der Waals surface area contributed by atoms with Gasteiger partial charge in [-0.1, -0.05) is 41.2 Å². The molecule has 150 valence electrons. The fourth-order valence-corrected chi connectivity index (χ4v) is 3.85. The van der Waals surface area contributed by atoms with Crippen LogP contribution in [0.2, 0.25) is 0 Å². The van der Waals surface area contributed by atoms with Gasteiger partial charge in [0, 0.05) is 9.79 Å². The summed E-state index contributed by atoms with van der Waals surface area (Å²) in [7, 11) is 2.97. The van der Waals surface area contributed by atoms with E-state index in [4.69, 9.17) is 14.0 Å². The Hall–Kier alpha value is -3.58. The third kappa shape index (κ3) is 4.06. The van der Waals surface area contributed by atoms with E-state index < -0.39 is 0 Å². The molecular weight excluding hydrogens is 400 g/mol. The van der Waals surface area contributed by atoms with Crippen molar-refractivity contribution in [2.75, 3.05) is 14.2 Å². The first kappa shape index (κ1) is 19.7. The number of hydrogen-bond donors (Lipinski definition) is 0. The molecule has 0 aliphatic heterocycles. The van der Waals surface area contributed by atoms with E-state index >= 15 is 0 Å². The molecule has 0 N–H and O–H groups in total. The standard InChI is InChI=1S/C23H18N2O4S/c1-27-19-9-5-3-7-17(19)21-24-22(29-25-21)18-8-4-6-10-20(18)30-16-13-11-15(12-14-16)23(26)28-2/h3-14H,1-2H3. The minimum Gasteiger partial charge on any atom is -0.496 e. The number of carbonyl (C=O) groups excluding carboxylic acids is 1. The van der Waals surface area contributed by atoms with Gasteiger partial charge in [0.2, 0.25) is 5.82 Å². The molecule has 6 nitrogen and oxygen atoms in total. The second-order valence-electron chi connectivity index (χ2n) is 6.24. The van der Waals surface area contributed by atoms with Crippen molar-refractivity contribution in [3.8, 4) is 28.6 Å². The third-order valence-corrected chi connectivity index (χ3v) is 5.48. The Kier molecular flexibility index (Phi) is 5.81. The summed E-state index contributed by atoms with van der Waals surface area (Å²) in [5.74, 6) is 1.20. The first-order valence-corrected chi connectivity index (χ1v) is 9.94. The van der Waals surface area contributed by atoms with Crippen LogP contribution in [-0.2, 0) is 4.74 Å². The smallest absolute Gasteiger partial charge is 0.337 e. The van der Waals surface area contributed by atoms with Gasteiger partial charge in [0.25, 0.3) is 5.89 Å². The van der Waals surface area contributed by atoms with Crippen LogP contribution >= 0.6 is 11.8 Å². The highest BCUT2D eigenvalue weighted by Crippen LogP contribution is 2.36. The summed E-state index contributed by atoms with van der Waals surface area (Å²) in [6.45, 7) is 0. The molecule has 4 aromatic rings. The zero-order valence-corrected chi connectivity index (χ0v) is 17.2. The number of nitrogens with zero attached hydrogens (tertiary/aromatic N) is 2. The second kappa shape index (κ2) is 8.84. The predicted octanol–water partition coefficient (Wildman–Crippen LogP) is 5.35. The van der Waals surface area contributed by atoms with Crippen molar-refractivity contribution >= 4 is 17.7 Å². The molecule has 0 aliphatic rings. The summed E-state index contributed by atoms with van der Waals surface area (Å²) in [4.78, 5) is 18.1. The molecule has 0 saturated carbocycles. The van der Waals surface area contributed by atoms with E-state index in [9.17, 15) is 4.79 Å². The second-order valence-corrected chi connectivity index (χ2v) is 7.35. The number of hydrogen-bond acceptors (Lipinski definition) is 7. The van der Waals surface area contributed by atoms with Gasteiger partial charge in [0.15, 0.2) is 0 Å². The van der Waals surface area contributed by atoms with Gasteiger partial charge < -0.3 is 14.0 Å². The van der Waals surface area contributed by atoms with Crippen LogP contribution in [0.3, 0.4) is 0 Å². The maximum Gasteiger partial charge on any atom is 0.337 e.